The molecule has 0 saturated heterocycles. The second-order valence-corrected chi connectivity index (χ2v) is 7.61. The number of ether oxygens (including phenoxy) is 4. The van der Waals surface area contributed by atoms with E-state index in [-0.39, 0.29) is 29.2 Å². The molecule has 0 spiro atoms. The van der Waals surface area contributed by atoms with Crippen LogP contribution >= 0.6 is 0 Å². The summed E-state index contributed by atoms with van der Waals surface area (Å²) in [5.74, 6) is -1.39. The second-order valence-electron chi connectivity index (χ2n) is 7.61. The number of hydrogen-bond acceptors (Lipinski definition) is 7. The Balaban J connectivity index is 2.71. The Bertz CT molecular complexity index is 553. The van der Waals surface area contributed by atoms with Crippen LogP contribution in [-0.4, -0.2) is 49.4 Å². The highest BCUT2D eigenvalue weighted by Gasteiger charge is 2.37. The Morgan fingerprint density at radius 3 is 2.33 bits per heavy atom. The Labute approximate surface area is 161 Å². The predicted octanol–water partition coefficient (Wildman–Crippen LogP) is 2.95. The highest BCUT2D eigenvalue weighted by Crippen LogP contribution is 2.34. The minimum Gasteiger partial charge on any atom is -0.469 e. The molecule has 0 heterocycles. The first-order valence-corrected chi connectivity index (χ1v) is 9.34. The van der Waals surface area contributed by atoms with Gasteiger partial charge in [0.15, 0.2) is 6.61 Å². The quantitative estimate of drug-likeness (QED) is 0.343. The lowest BCUT2D eigenvalue weighted by atomic mass is 9.83. The summed E-state index contributed by atoms with van der Waals surface area (Å²) >= 11 is 0. The Morgan fingerprint density at radius 2 is 1.78 bits per heavy atom. The van der Waals surface area contributed by atoms with Gasteiger partial charge in [-0.25, -0.2) is 9.59 Å². The zero-order chi connectivity index (χ0) is 20.6. The van der Waals surface area contributed by atoms with Gasteiger partial charge in [0, 0.05) is 12.0 Å². The van der Waals surface area contributed by atoms with Crippen molar-refractivity contribution in [2.75, 3.05) is 13.7 Å². The van der Waals surface area contributed by atoms with E-state index in [0.717, 1.165) is 12.8 Å². The molecule has 1 rings (SSSR count). The summed E-state index contributed by atoms with van der Waals surface area (Å²) in [5.41, 5.74) is -0.161. The van der Waals surface area contributed by atoms with Crippen molar-refractivity contribution >= 4 is 17.9 Å². The SMILES string of the molecule is C=C(C)C(=O)OCC(=O)OC1CCC(CC(=O)OC)CC1OC(C)(C)CC. The van der Waals surface area contributed by atoms with Crippen molar-refractivity contribution in [2.45, 2.75) is 77.6 Å². The van der Waals surface area contributed by atoms with Gasteiger partial charge < -0.3 is 18.9 Å². The van der Waals surface area contributed by atoms with Crippen LogP contribution < -0.4 is 0 Å². The van der Waals surface area contributed by atoms with Crippen LogP contribution in [-0.2, 0) is 33.3 Å². The van der Waals surface area contributed by atoms with Crippen molar-refractivity contribution in [3.8, 4) is 0 Å². The minimum absolute atomic E-state index is 0.117. The Kier molecular flexibility index (Phi) is 8.96. The first-order valence-electron chi connectivity index (χ1n) is 9.34. The van der Waals surface area contributed by atoms with Gasteiger partial charge in [-0.1, -0.05) is 13.5 Å². The molecule has 0 amide bonds. The van der Waals surface area contributed by atoms with E-state index >= 15 is 0 Å². The number of rotatable bonds is 9. The molecule has 154 valence electrons. The number of esters is 3. The third-order valence-electron chi connectivity index (χ3n) is 4.80. The molecule has 3 unspecified atom stereocenters. The van der Waals surface area contributed by atoms with Crippen LogP contribution in [0.2, 0.25) is 0 Å². The van der Waals surface area contributed by atoms with Crippen LogP contribution in [0.5, 0.6) is 0 Å². The second kappa shape index (κ2) is 10.4. The standard InChI is InChI=1S/C20H32O7/c1-7-20(4,5)27-16-10-14(11-17(21)24-6)8-9-15(16)26-18(22)12-25-19(23)13(2)3/h14-16H,2,7-12H2,1,3-6H3. The van der Waals surface area contributed by atoms with Gasteiger partial charge in [-0.05, 0) is 52.4 Å². The summed E-state index contributed by atoms with van der Waals surface area (Å²) in [7, 11) is 1.37. The maximum absolute atomic E-state index is 12.1. The van der Waals surface area contributed by atoms with E-state index in [1.54, 1.807) is 0 Å². The number of carbonyl (C=O) groups excluding carboxylic acids is 3. The molecular weight excluding hydrogens is 352 g/mol. The zero-order valence-electron chi connectivity index (χ0n) is 17.0. The monoisotopic (exact) mass is 384 g/mol. The van der Waals surface area contributed by atoms with Crippen LogP contribution in [0, 0.1) is 5.92 Å². The lowest BCUT2D eigenvalue weighted by Gasteiger charge is -2.39. The van der Waals surface area contributed by atoms with E-state index in [1.807, 2.05) is 20.8 Å². The lowest BCUT2D eigenvalue weighted by Crippen LogP contribution is -2.44. The Morgan fingerprint density at radius 1 is 1.11 bits per heavy atom. The summed E-state index contributed by atoms with van der Waals surface area (Å²) in [6.07, 6.45) is 2.24. The van der Waals surface area contributed by atoms with Gasteiger partial charge >= 0.3 is 17.9 Å². The van der Waals surface area contributed by atoms with E-state index in [9.17, 15) is 14.4 Å². The molecule has 1 aliphatic rings. The van der Waals surface area contributed by atoms with Crippen molar-refractivity contribution in [3.63, 3.8) is 0 Å². The van der Waals surface area contributed by atoms with Gasteiger partial charge in [-0.2, -0.15) is 0 Å². The van der Waals surface area contributed by atoms with E-state index in [2.05, 4.69) is 6.58 Å². The topological polar surface area (TPSA) is 88.1 Å². The van der Waals surface area contributed by atoms with Gasteiger partial charge in [0.25, 0.3) is 0 Å². The minimum atomic E-state index is -0.631. The van der Waals surface area contributed by atoms with Crippen molar-refractivity contribution in [2.24, 2.45) is 5.92 Å². The van der Waals surface area contributed by atoms with E-state index in [4.69, 9.17) is 18.9 Å². The van der Waals surface area contributed by atoms with Crippen LogP contribution in [0.15, 0.2) is 12.2 Å². The molecule has 27 heavy (non-hydrogen) atoms. The van der Waals surface area contributed by atoms with Crippen molar-refractivity contribution in [1.29, 1.82) is 0 Å². The fraction of sp³-hybridized carbons (Fsp3) is 0.750. The predicted molar refractivity (Wildman–Crippen MR) is 98.9 cm³/mol. The summed E-state index contributed by atoms with van der Waals surface area (Å²) in [4.78, 5) is 35.1. The molecule has 7 nitrogen and oxygen atoms in total. The molecule has 0 bridgehead atoms. The maximum atomic E-state index is 12.1. The summed E-state index contributed by atoms with van der Waals surface area (Å²) in [5, 5.41) is 0. The van der Waals surface area contributed by atoms with Gasteiger partial charge in [-0.3, -0.25) is 4.79 Å². The van der Waals surface area contributed by atoms with E-state index in [0.29, 0.717) is 19.3 Å². The average molecular weight is 384 g/mol. The molecule has 7 heteroatoms. The van der Waals surface area contributed by atoms with Gasteiger partial charge in [-0.15, -0.1) is 0 Å². The molecule has 3 atom stereocenters. The highest BCUT2D eigenvalue weighted by molar-refractivity contribution is 5.88. The fourth-order valence-electron chi connectivity index (χ4n) is 2.89. The third-order valence-corrected chi connectivity index (χ3v) is 4.80. The Hall–Kier alpha value is -1.89. The smallest absolute Gasteiger partial charge is 0.344 e. The van der Waals surface area contributed by atoms with Crippen molar-refractivity contribution in [3.05, 3.63) is 12.2 Å². The third kappa shape index (κ3) is 8.12. The van der Waals surface area contributed by atoms with Crippen molar-refractivity contribution in [1.82, 2.24) is 0 Å². The van der Waals surface area contributed by atoms with Gasteiger partial charge in [0.1, 0.15) is 6.10 Å². The molecular formula is C20H32O7. The summed E-state index contributed by atoms with van der Waals surface area (Å²) in [6, 6.07) is 0. The van der Waals surface area contributed by atoms with E-state index in [1.165, 1.54) is 14.0 Å². The average Bonchev–Trinajstić information content (AvgIpc) is 2.61. The highest BCUT2D eigenvalue weighted by atomic mass is 16.6. The first kappa shape index (κ1) is 23.1. The molecule has 0 N–H and O–H groups in total. The fourth-order valence-corrected chi connectivity index (χ4v) is 2.89. The van der Waals surface area contributed by atoms with Crippen LogP contribution in [0.4, 0.5) is 0 Å². The molecule has 0 aromatic heterocycles. The first-order chi connectivity index (χ1) is 12.6. The molecule has 0 aliphatic heterocycles. The number of hydrogen-bond donors (Lipinski definition) is 0. The van der Waals surface area contributed by atoms with Crippen LogP contribution in [0.3, 0.4) is 0 Å². The van der Waals surface area contributed by atoms with Crippen LogP contribution in [0.25, 0.3) is 0 Å². The molecule has 1 saturated carbocycles. The van der Waals surface area contributed by atoms with Gasteiger partial charge in [0.05, 0.1) is 18.8 Å². The summed E-state index contributed by atoms with van der Waals surface area (Å²) in [6.45, 7) is 10.5. The lowest BCUT2D eigenvalue weighted by molar-refractivity contribution is -0.183. The molecule has 0 aromatic rings. The van der Waals surface area contributed by atoms with Crippen LogP contribution in [0.1, 0.15) is 59.8 Å². The largest absolute Gasteiger partial charge is 0.469 e. The number of methoxy groups -OCH3 is 1. The summed E-state index contributed by atoms with van der Waals surface area (Å²) < 4.78 is 21.3. The number of carbonyl (C=O) groups is 3. The van der Waals surface area contributed by atoms with E-state index < -0.39 is 24.6 Å². The van der Waals surface area contributed by atoms with Crippen molar-refractivity contribution < 1.29 is 33.3 Å². The maximum Gasteiger partial charge on any atom is 0.344 e. The zero-order valence-corrected chi connectivity index (χ0v) is 17.0. The normalized spacial score (nSPS) is 22.6. The molecule has 0 radical (unpaired) electrons. The molecule has 1 fully saturated rings. The molecule has 1 aliphatic carbocycles. The molecule has 0 aromatic carbocycles. The van der Waals surface area contributed by atoms with Gasteiger partial charge in [0.2, 0.25) is 0 Å².